The molecule has 1 amide bonds. The first-order valence-electron chi connectivity index (χ1n) is 7.92. The first-order valence-corrected chi connectivity index (χ1v) is 7.92. The molecular formula is C18H18NO4-. The van der Waals surface area contributed by atoms with Crippen LogP contribution in [0.5, 0.6) is 0 Å². The number of aliphatic carboxylic acids is 1. The van der Waals surface area contributed by atoms with Crippen molar-refractivity contribution in [3.05, 3.63) is 42.0 Å². The number of hydrogen-bond donors (Lipinski definition) is 0. The summed E-state index contributed by atoms with van der Waals surface area (Å²) in [6, 6.07) is 7.83. The second kappa shape index (κ2) is 4.68. The first kappa shape index (κ1) is 14.5. The summed E-state index contributed by atoms with van der Waals surface area (Å²) in [6.45, 7) is 4.58. The fourth-order valence-electron chi connectivity index (χ4n) is 4.03. The lowest BCUT2D eigenvalue weighted by molar-refractivity contribution is -0.313. The highest BCUT2D eigenvalue weighted by Crippen LogP contribution is 2.52. The van der Waals surface area contributed by atoms with Crippen LogP contribution in [-0.2, 0) is 14.3 Å². The minimum atomic E-state index is -1.21. The molecule has 3 aliphatic heterocycles. The number of nitrogens with zero attached hydrogens (tertiary/aromatic N) is 1. The molecule has 4 atom stereocenters. The summed E-state index contributed by atoms with van der Waals surface area (Å²) in [7, 11) is 0. The molecule has 0 radical (unpaired) electrons. The van der Waals surface area contributed by atoms with E-state index in [2.05, 4.69) is 13.8 Å². The van der Waals surface area contributed by atoms with E-state index in [-0.39, 0.29) is 5.91 Å². The lowest BCUT2D eigenvalue weighted by Crippen LogP contribution is -2.45. The van der Waals surface area contributed by atoms with Crippen molar-refractivity contribution in [1.29, 1.82) is 0 Å². The van der Waals surface area contributed by atoms with Crippen LogP contribution in [0.2, 0.25) is 0 Å². The summed E-state index contributed by atoms with van der Waals surface area (Å²) >= 11 is 0. The third kappa shape index (κ3) is 1.89. The van der Waals surface area contributed by atoms with Crippen LogP contribution >= 0.6 is 0 Å². The van der Waals surface area contributed by atoms with Crippen molar-refractivity contribution in [3.8, 4) is 0 Å². The van der Waals surface area contributed by atoms with Crippen molar-refractivity contribution >= 4 is 17.6 Å². The molecule has 3 heterocycles. The van der Waals surface area contributed by atoms with E-state index in [1.807, 2.05) is 30.3 Å². The number of anilines is 1. The van der Waals surface area contributed by atoms with Crippen LogP contribution in [-0.4, -0.2) is 30.1 Å². The van der Waals surface area contributed by atoms with Gasteiger partial charge in [0.25, 0.3) is 0 Å². The number of carboxylic acid groups (broad SMARTS) is 1. The van der Waals surface area contributed by atoms with Crippen LogP contribution < -0.4 is 10.0 Å². The Hall–Kier alpha value is -2.14. The Bertz CT molecular complexity index is 708. The van der Waals surface area contributed by atoms with E-state index in [4.69, 9.17) is 4.74 Å². The second-order valence-electron chi connectivity index (χ2n) is 6.89. The molecule has 0 unspecified atom stereocenters. The van der Waals surface area contributed by atoms with Crippen LogP contribution in [0.3, 0.4) is 0 Å². The van der Waals surface area contributed by atoms with Crippen LogP contribution in [0.4, 0.5) is 5.69 Å². The second-order valence-corrected chi connectivity index (χ2v) is 6.89. The number of carbonyl (C=O) groups excluding carboxylic acids is 2. The van der Waals surface area contributed by atoms with E-state index in [0.29, 0.717) is 12.5 Å². The summed E-state index contributed by atoms with van der Waals surface area (Å²) < 4.78 is 5.85. The summed E-state index contributed by atoms with van der Waals surface area (Å²) in [4.78, 5) is 25.9. The number of fused-ring (bicyclic) bond motifs is 1. The smallest absolute Gasteiger partial charge is 0.234 e. The largest absolute Gasteiger partial charge is 0.550 e. The van der Waals surface area contributed by atoms with Crippen molar-refractivity contribution in [1.82, 2.24) is 0 Å². The zero-order chi connectivity index (χ0) is 16.4. The fourth-order valence-corrected chi connectivity index (χ4v) is 4.03. The molecule has 0 saturated carbocycles. The quantitative estimate of drug-likeness (QED) is 0.776. The molecule has 2 saturated heterocycles. The molecule has 0 N–H and O–H groups in total. The number of carboxylic acids is 1. The summed E-state index contributed by atoms with van der Waals surface area (Å²) in [5.74, 6) is -2.57. The lowest BCUT2D eigenvalue weighted by Gasteiger charge is -2.24. The highest BCUT2D eigenvalue weighted by molar-refractivity contribution is 6.02. The number of amides is 1. The summed E-state index contributed by atoms with van der Waals surface area (Å²) in [5, 5.41) is 11.4. The van der Waals surface area contributed by atoms with Gasteiger partial charge in [-0.05, 0) is 23.6 Å². The van der Waals surface area contributed by atoms with E-state index in [0.717, 1.165) is 5.69 Å². The van der Waals surface area contributed by atoms with E-state index in [1.165, 1.54) is 5.56 Å². The number of carbonyl (C=O) groups is 2. The van der Waals surface area contributed by atoms with Gasteiger partial charge in [-0.3, -0.25) is 4.79 Å². The predicted molar refractivity (Wildman–Crippen MR) is 81.6 cm³/mol. The maximum atomic E-state index is 12.8. The Morgan fingerprint density at radius 1 is 1.35 bits per heavy atom. The Labute approximate surface area is 134 Å². The first-order chi connectivity index (χ1) is 10.9. The van der Waals surface area contributed by atoms with Gasteiger partial charge in [0.1, 0.15) is 5.60 Å². The van der Waals surface area contributed by atoms with Crippen LogP contribution in [0.1, 0.15) is 25.3 Å². The molecule has 2 bridgehead atoms. The molecule has 1 spiro atoms. The van der Waals surface area contributed by atoms with Crippen molar-refractivity contribution in [2.75, 3.05) is 11.4 Å². The number of benzene rings is 1. The molecule has 4 rings (SSSR count). The van der Waals surface area contributed by atoms with Gasteiger partial charge < -0.3 is 19.5 Å². The van der Waals surface area contributed by atoms with Gasteiger partial charge in [0.15, 0.2) is 0 Å². The predicted octanol–water partition coefficient (Wildman–Crippen LogP) is 0.846. The van der Waals surface area contributed by atoms with Crippen molar-refractivity contribution in [3.63, 3.8) is 0 Å². The fraction of sp³-hybridized carbons (Fsp3) is 0.444. The number of hydrogen-bond acceptors (Lipinski definition) is 4. The SMILES string of the molecule is CC(C)c1ccc(N2C[C@@]34C=C[C@@H](O3)[C@H](C(=O)[O-])[C@H]4C2=O)cc1. The Kier molecular flexibility index (Phi) is 2.94. The van der Waals surface area contributed by atoms with Gasteiger partial charge >= 0.3 is 0 Å². The third-order valence-corrected chi connectivity index (χ3v) is 5.24. The molecule has 5 nitrogen and oxygen atoms in total. The maximum Gasteiger partial charge on any atom is 0.234 e. The standard InChI is InChI=1S/C18H19NO4/c1-10(2)11-3-5-12(6-4-11)19-9-18-8-7-13(23-18)14(17(21)22)15(18)16(19)20/h3-8,10,13-15H,9H2,1-2H3,(H,21,22)/p-1/t13-,14+,15+,18-/m1/s1. The van der Waals surface area contributed by atoms with Crippen LogP contribution in [0.15, 0.2) is 36.4 Å². The van der Waals surface area contributed by atoms with E-state index in [9.17, 15) is 14.7 Å². The third-order valence-electron chi connectivity index (χ3n) is 5.24. The van der Waals surface area contributed by atoms with Crippen LogP contribution in [0.25, 0.3) is 0 Å². The molecule has 1 aromatic carbocycles. The van der Waals surface area contributed by atoms with Gasteiger partial charge in [-0.25, -0.2) is 0 Å². The molecule has 3 aliphatic rings. The van der Waals surface area contributed by atoms with Crippen molar-refractivity contribution in [2.24, 2.45) is 11.8 Å². The molecular weight excluding hydrogens is 294 g/mol. The summed E-state index contributed by atoms with van der Waals surface area (Å²) in [6.07, 6.45) is 3.05. The van der Waals surface area contributed by atoms with Gasteiger partial charge in [-0.1, -0.05) is 38.1 Å². The number of ether oxygens (including phenoxy) is 1. The van der Waals surface area contributed by atoms with Gasteiger partial charge in [0, 0.05) is 17.6 Å². The average Bonchev–Trinajstić information content (AvgIpc) is 3.15. The molecule has 0 aliphatic carbocycles. The minimum Gasteiger partial charge on any atom is -0.550 e. The van der Waals surface area contributed by atoms with Crippen molar-refractivity contribution < 1.29 is 19.4 Å². The Balaban J connectivity index is 1.67. The average molecular weight is 312 g/mol. The van der Waals surface area contributed by atoms with Gasteiger partial charge in [0.05, 0.1) is 18.6 Å². The monoisotopic (exact) mass is 312 g/mol. The zero-order valence-corrected chi connectivity index (χ0v) is 13.1. The minimum absolute atomic E-state index is 0.191. The Morgan fingerprint density at radius 2 is 2.04 bits per heavy atom. The molecule has 2 fully saturated rings. The van der Waals surface area contributed by atoms with Crippen LogP contribution in [0, 0.1) is 11.8 Å². The highest BCUT2D eigenvalue weighted by Gasteiger charge is 2.65. The lowest BCUT2D eigenvalue weighted by atomic mass is 9.77. The molecule has 120 valence electrons. The van der Waals surface area contributed by atoms with Gasteiger partial charge in [0.2, 0.25) is 5.91 Å². The van der Waals surface area contributed by atoms with E-state index in [1.54, 1.807) is 11.0 Å². The normalized spacial score (nSPS) is 34.5. The zero-order valence-electron chi connectivity index (χ0n) is 13.1. The van der Waals surface area contributed by atoms with Gasteiger partial charge in [-0.2, -0.15) is 0 Å². The van der Waals surface area contributed by atoms with E-state index >= 15 is 0 Å². The molecule has 1 aromatic rings. The Morgan fingerprint density at radius 3 is 2.65 bits per heavy atom. The van der Waals surface area contributed by atoms with Crippen molar-refractivity contribution in [2.45, 2.75) is 31.5 Å². The van der Waals surface area contributed by atoms with E-state index < -0.39 is 29.5 Å². The maximum absolute atomic E-state index is 12.8. The topological polar surface area (TPSA) is 69.7 Å². The molecule has 5 heteroatoms. The van der Waals surface area contributed by atoms with Gasteiger partial charge in [-0.15, -0.1) is 0 Å². The number of rotatable bonds is 3. The molecule has 23 heavy (non-hydrogen) atoms. The molecule has 0 aromatic heterocycles. The summed E-state index contributed by atoms with van der Waals surface area (Å²) in [5.41, 5.74) is 1.16. The highest BCUT2D eigenvalue weighted by atomic mass is 16.5.